The number of ether oxygens (including phenoxy) is 2. The predicted molar refractivity (Wildman–Crippen MR) is 84.4 cm³/mol. The standard InChI is InChI=1S/C15H25ClN2O2/c1-19-10-8-18(9-11-20-2)7-3-4-13-5-6-14(16)15(17)12-13/h5-6,12H,3-4,7-11,17H2,1-2H3. The number of methoxy groups -OCH3 is 2. The second-order valence-corrected chi connectivity index (χ2v) is 5.19. The summed E-state index contributed by atoms with van der Waals surface area (Å²) in [6.07, 6.45) is 2.08. The molecule has 1 aromatic carbocycles. The molecule has 114 valence electrons. The molecule has 0 saturated heterocycles. The van der Waals surface area contributed by atoms with Crippen molar-refractivity contribution >= 4 is 17.3 Å². The van der Waals surface area contributed by atoms with Gasteiger partial charge in [0.1, 0.15) is 0 Å². The fourth-order valence-corrected chi connectivity index (χ4v) is 2.15. The van der Waals surface area contributed by atoms with Crippen molar-refractivity contribution in [1.82, 2.24) is 4.90 Å². The smallest absolute Gasteiger partial charge is 0.0635 e. The normalized spacial score (nSPS) is 11.2. The molecule has 0 heterocycles. The summed E-state index contributed by atoms with van der Waals surface area (Å²) in [5.41, 5.74) is 7.69. The number of hydrogen-bond donors (Lipinski definition) is 1. The quantitative estimate of drug-likeness (QED) is 0.674. The lowest BCUT2D eigenvalue weighted by atomic mass is 10.1. The van der Waals surface area contributed by atoms with Crippen LogP contribution in [0.2, 0.25) is 5.02 Å². The Bertz CT molecular complexity index is 380. The van der Waals surface area contributed by atoms with E-state index in [2.05, 4.69) is 4.90 Å². The molecule has 0 bridgehead atoms. The Hall–Kier alpha value is -0.810. The predicted octanol–water partition coefficient (Wildman–Crippen LogP) is 2.45. The summed E-state index contributed by atoms with van der Waals surface area (Å²) >= 11 is 5.92. The molecule has 0 unspecified atom stereocenters. The van der Waals surface area contributed by atoms with Gasteiger partial charge in [0.2, 0.25) is 0 Å². The largest absolute Gasteiger partial charge is 0.398 e. The Morgan fingerprint density at radius 2 is 1.75 bits per heavy atom. The Balaban J connectivity index is 2.36. The summed E-state index contributed by atoms with van der Waals surface area (Å²) in [5.74, 6) is 0. The van der Waals surface area contributed by atoms with Crippen molar-refractivity contribution in [3.8, 4) is 0 Å². The van der Waals surface area contributed by atoms with Gasteiger partial charge in [0.05, 0.1) is 23.9 Å². The van der Waals surface area contributed by atoms with E-state index in [1.54, 1.807) is 14.2 Å². The summed E-state index contributed by atoms with van der Waals surface area (Å²) < 4.78 is 10.3. The van der Waals surface area contributed by atoms with Crippen LogP contribution in [0.3, 0.4) is 0 Å². The van der Waals surface area contributed by atoms with Gasteiger partial charge in [0.25, 0.3) is 0 Å². The highest BCUT2D eigenvalue weighted by atomic mass is 35.5. The maximum Gasteiger partial charge on any atom is 0.0635 e. The monoisotopic (exact) mass is 300 g/mol. The molecular weight excluding hydrogens is 276 g/mol. The van der Waals surface area contributed by atoms with E-state index >= 15 is 0 Å². The molecule has 5 heteroatoms. The van der Waals surface area contributed by atoms with Crippen LogP contribution >= 0.6 is 11.6 Å². The van der Waals surface area contributed by atoms with Crippen LogP contribution in [0.1, 0.15) is 12.0 Å². The summed E-state index contributed by atoms with van der Waals surface area (Å²) in [4.78, 5) is 2.35. The molecule has 0 fully saturated rings. The number of hydrogen-bond acceptors (Lipinski definition) is 4. The molecular formula is C15H25ClN2O2. The number of halogens is 1. The van der Waals surface area contributed by atoms with Crippen LogP contribution in [0.25, 0.3) is 0 Å². The molecule has 1 rings (SSSR count). The molecule has 0 aliphatic rings. The van der Waals surface area contributed by atoms with Crippen LogP contribution in [0.15, 0.2) is 18.2 Å². The average molecular weight is 301 g/mol. The molecule has 0 aliphatic carbocycles. The van der Waals surface area contributed by atoms with Gasteiger partial charge in [0.15, 0.2) is 0 Å². The first-order chi connectivity index (χ1) is 9.67. The van der Waals surface area contributed by atoms with Gasteiger partial charge in [-0.05, 0) is 37.1 Å². The van der Waals surface area contributed by atoms with E-state index < -0.39 is 0 Å². The zero-order valence-corrected chi connectivity index (χ0v) is 13.2. The number of nitrogens with zero attached hydrogens (tertiary/aromatic N) is 1. The van der Waals surface area contributed by atoms with Gasteiger partial charge >= 0.3 is 0 Å². The Kier molecular flexibility index (Phi) is 8.62. The Labute approximate surface area is 126 Å². The second-order valence-electron chi connectivity index (χ2n) is 4.79. The average Bonchev–Trinajstić information content (AvgIpc) is 2.45. The van der Waals surface area contributed by atoms with E-state index in [1.807, 2.05) is 18.2 Å². The highest BCUT2D eigenvalue weighted by Crippen LogP contribution is 2.20. The number of benzene rings is 1. The molecule has 0 saturated carbocycles. The molecule has 2 N–H and O–H groups in total. The molecule has 0 aliphatic heterocycles. The van der Waals surface area contributed by atoms with Gasteiger partial charge in [0, 0.05) is 27.3 Å². The van der Waals surface area contributed by atoms with Gasteiger partial charge in [-0.2, -0.15) is 0 Å². The Morgan fingerprint density at radius 3 is 2.30 bits per heavy atom. The number of rotatable bonds is 10. The summed E-state index contributed by atoms with van der Waals surface area (Å²) in [7, 11) is 3.45. The molecule has 0 aromatic heterocycles. The highest BCUT2D eigenvalue weighted by molar-refractivity contribution is 6.33. The minimum atomic E-state index is 0.621. The number of aryl methyl sites for hydroxylation is 1. The van der Waals surface area contributed by atoms with Crippen LogP contribution in [-0.2, 0) is 15.9 Å². The fraction of sp³-hybridized carbons (Fsp3) is 0.600. The highest BCUT2D eigenvalue weighted by Gasteiger charge is 2.05. The van der Waals surface area contributed by atoms with Crippen molar-refractivity contribution < 1.29 is 9.47 Å². The van der Waals surface area contributed by atoms with Crippen LogP contribution < -0.4 is 5.73 Å². The van der Waals surface area contributed by atoms with Gasteiger partial charge in [-0.15, -0.1) is 0 Å². The summed E-state index contributed by atoms with van der Waals surface area (Å²) in [6.45, 7) is 4.38. The van der Waals surface area contributed by atoms with Crippen LogP contribution in [0, 0.1) is 0 Å². The van der Waals surface area contributed by atoms with Crippen molar-refractivity contribution in [3.05, 3.63) is 28.8 Å². The van der Waals surface area contributed by atoms with Crippen molar-refractivity contribution in [3.63, 3.8) is 0 Å². The first kappa shape index (κ1) is 17.2. The van der Waals surface area contributed by atoms with Crippen molar-refractivity contribution in [2.75, 3.05) is 52.8 Å². The number of nitrogen functional groups attached to an aromatic ring is 1. The lowest BCUT2D eigenvalue weighted by molar-refractivity contribution is 0.113. The first-order valence-electron chi connectivity index (χ1n) is 6.91. The Morgan fingerprint density at radius 1 is 1.10 bits per heavy atom. The van der Waals surface area contributed by atoms with E-state index in [4.69, 9.17) is 26.8 Å². The van der Waals surface area contributed by atoms with Gasteiger partial charge < -0.3 is 15.2 Å². The summed E-state index contributed by atoms with van der Waals surface area (Å²) in [6, 6.07) is 5.85. The molecule has 0 spiro atoms. The van der Waals surface area contributed by atoms with Crippen molar-refractivity contribution in [2.24, 2.45) is 0 Å². The number of nitrogens with two attached hydrogens (primary N) is 1. The molecule has 1 aromatic rings. The zero-order chi connectivity index (χ0) is 14.8. The third-order valence-corrected chi connectivity index (χ3v) is 3.57. The number of anilines is 1. The zero-order valence-electron chi connectivity index (χ0n) is 12.4. The molecule has 20 heavy (non-hydrogen) atoms. The third kappa shape index (κ3) is 6.57. The first-order valence-corrected chi connectivity index (χ1v) is 7.29. The molecule has 0 amide bonds. The van der Waals surface area contributed by atoms with Gasteiger partial charge in [-0.3, -0.25) is 4.90 Å². The summed E-state index contributed by atoms with van der Waals surface area (Å²) in [5, 5.41) is 0.621. The van der Waals surface area contributed by atoms with Gasteiger partial charge in [-0.1, -0.05) is 17.7 Å². The van der Waals surface area contributed by atoms with Crippen molar-refractivity contribution in [1.29, 1.82) is 0 Å². The lowest BCUT2D eigenvalue weighted by Gasteiger charge is -2.21. The van der Waals surface area contributed by atoms with Crippen LogP contribution in [0.4, 0.5) is 5.69 Å². The lowest BCUT2D eigenvalue weighted by Crippen LogP contribution is -2.31. The topological polar surface area (TPSA) is 47.7 Å². The minimum Gasteiger partial charge on any atom is -0.398 e. The fourth-order valence-electron chi connectivity index (χ4n) is 2.03. The maximum absolute atomic E-state index is 5.92. The SMILES string of the molecule is COCCN(CCCc1ccc(Cl)c(N)c1)CCOC. The van der Waals surface area contributed by atoms with E-state index in [1.165, 1.54) is 5.56 Å². The van der Waals surface area contributed by atoms with E-state index in [0.29, 0.717) is 10.7 Å². The van der Waals surface area contributed by atoms with Crippen LogP contribution in [0.5, 0.6) is 0 Å². The molecule has 4 nitrogen and oxygen atoms in total. The van der Waals surface area contributed by atoms with E-state index in [9.17, 15) is 0 Å². The van der Waals surface area contributed by atoms with E-state index in [-0.39, 0.29) is 0 Å². The second kappa shape index (κ2) is 10.00. The van der Waals surface area contributed by atoms with Crippen molar-refractivity contribution in [2.45, 2.75) is 12.8 Å². The minimum absolute atomic E-state index is 0.621. The molecule has 0 radical (unpaired) electrons. The third-order valence-electron chi connectivity index (χ3n) is 3.22. The van der Waals surface area contributed by atoms with E-state index in [0.717, 1.165) is 45.7 Å². The molecule has 0 atom stereocenters. The maximum atomic E-state index is 5.92. The van der Waals surface area contributed by atoms with Crippen LogP contribution in [-0.4, -0.2) is 52.0 Å². The van der Waals surface area contributed by atoms with Gasteiger partial charge in [-0.25, -0.2) is 0 Å².